The molecular formula is C32H58N6O3. The van der Waals surface area contributed by atoms with Gasteiger partial charge >= 0.3 is 0 Å². The van der Waals surface area contributed by atoms with Crippen LogP contribution in [0.5, 0.6) is 0 Å². The van der Waals surface area contributed by atoms with Crippen molar-refractivity contribution in [2.45, 2.75) is 123 Å². The number of hydrogen-bond donors (Lipinski definition) is 6. The molecule has 2 unspecified atom stereocenters. The molecule has 1 aromatic carbocycles. The van der Waals surface area contributed by atoms with E-state index < -0.39 is 27.4 Å². The number of nitrogens with one attached hydrogen (secondary N) is 3. The Labute approximate surface area is 248 Å². The molecular weight excluding hydrogens is 516 g/mol. The van der Waals surface area contributed by atoms with Crippen LogP contribution in [0.1, 0.15) is 112 Å². The minimum atomic E-state index is -0.906. The standard InChI is InChI=1S/C32H58N6O3/c1-20(13-21(2)25(39)36-17-28(3,4)33)22-14-23(31(9,10)26(40)37-18-29(5,6)34)16-24(15-22)32(11,12)27(41)38-19-30(7,8)35/h14-16,20-21H,13,17-19,33-35H2,1-12H3,(H,36,39)(H,37,40)(H,38,41). The lowest BCUT2D eigenvalue weighted by Gasteiger charge is -2.32. The summed E-state index contributed by atoms with van der Waals surface area (Å²) in [4.78, 5) is 39.6. The first-order valence-electron chi connectivity index (χ1n) is 14.6. The molecule has 0 heterocycles. The van der Waals surface area contributed by atoms with Crippen LogP contribution in [0.4, 0.5) is 0 Å². The molecule has 9 N–H and O–H groups in total. The van der Waals surface area contributed by atoms with Gasteiger partial charge in [0.25, 0.3) is 0 Å². The maximum atomic E-state index is 13.4. The van der Waals surface area contributed by atoms with Gasteiger partial charge in [-0.1, -0.05) is 32.0 Å². The van der Waals surface area contributed by atoms with Crippen molar-refractivity contribution >= 4 is 17.7 Å². The Bertz CT molecular complexity index is 1010. The van der Waals surface area contributed by atoms with Crippen LogP contribution in [0.25, 0.3) is 0 Å². The third-order valence-electron chi connectivity index (χ3n) is 7.39. The Hall–Kier alpha value is -2.49. The van der Waals surface area contributed by atoms with E-state index in [9.17, 15) is 14.4 Å². The predicted molar refractivity (Wildman–Crippen MR) is 169 cm³/mol. The summed E-state index contributed by atoms with van der Waals surface area (Å²) < 4.78 is 0. The highest BCUT2D eigenvalue weighted by Gasteiger charge is 2.36. The predicted octanol–water partition coefficient (Wildman–Crippen LogP) is 2.93. The van der Waals surface area contributed by atoms with Gasteiger partial charge in [0.05, 0.1) is 10.8 Å². The fourth-order valence-corrected chi connectivity index (χ4v) is 4.24. The second-order valence-electron chi connectivity index (χ2n) is 15.2. The molecule has 0 bridgehead atoms. The largest absolute Gasteiger partial charge is 0.354 e. The van der Waals surface area contributed by atoms with E-state index >= 15 is 0 Å². The van der Waals surface area contributed by atoms with Crippen LogP contribution in [0.15, 0.2) is 18.2 Å². The smallest absolute Gasteiger partial charge is 0.230 e. The lowest BCUT2D eigenvalue weighted by atomic mass is 9.75. The number of rotatable bonds is 14. The molecule has 1 aromatic rings. The average Bonchev–Trinajstić information content (AvgIpc) is 2.82. The molecule has 2 atom stereocenters. The molecule has 0 aromatic heterocycles. The second kappa shape index (κ2) is 13.2. The fourth-order valence-electron chi connectivity index (χ4n) is 4.24. The monoisotopic (exact) mass is 574 g/mol. The molecule has 0 aliphatic rings. The first-order chi connectivity index (χ1) is 18.3. The number of benzene rings is 1. The molecule has 9 heteroatoms. The Kier molecular flexibility index (Phi) is 11.8. The summed E-state index contributed by atoms with van der Waals surface area (Å²) in [5.41, 5.74) is 17.4. The Morgan fingerprint density at radius 2 is 0.976 bits per heavy atom. The van der Waals surface area contributed by atoms with E-state index in [1.165, 1.54) is 0 Å². The SMILES string of the molecule is CC(CC(C)c1cc(C(C)(C)C(=O)NCC(C)(C)N)cc(C(C)(C)C(=O)NCC(C)(C)N)c1)C(=O)NCC(C)(C)N. The van der Waals surface area contributed by atoms with Crippen LogP contribution in [-0.2, 0) is 25.2 Å². The molecule has 0 spiro atoms. The van der Waals surface area contributed by atoms with Gasteiger partial charge in [0.2, 0.25) is 17.7 Å². The van der Waals surface area contributed by atoms with Crippen LogP contribution in [0.3, 0.4) is 0 Å². The van der Waals surface area contributed by atoms with E-state index in [0.29, 0.717) is 26.1 Å². The number of carbonyl (C=O) groups excluding carboxylic acids is 3. The zero-order chi connectivity index (χ0) is 32.2. The normalized spacial score (nSPS) is 14.7. The molecule has 0 fully saturated rings. The minimum absolute atomic E-state index is 0.0241. The van der Waals surface area contributed by atoms with Gasteiger partial charge in [-0.25, -0.2) is 0 Å². The number of amides is 3. The van der Waals surface area contributed by atoms with Crippen molar-refractivity contribution in [1.82, 2.24) is 16.0 Å². The molecule has 1 rings (SSSR count). The van der Waals surface area contributed by atoms with E-state index in [4.69, 9.17) is 17.2 Å². The Morgan fingerprint density at radius 3 is 1.32 bits per heavy atom. The van der Waals surface area contributed by atoms with Crippen molar-refractivity contribution in [3.8, 4) is 0 Å². The first kappa shape index (κ1) is 36.5. The average molecular weight is 575 g/mol. The summed E-state index contributed by atoms with van der Waals surface area (Å²) in [7, 11) is 0. The zero-order valence-electron chi connectivity index (χ0n) is 27.7. The summed E-state index contributed by atoms with van der Waals surface area (Å²) >= 11 is 0. The van der Waals surface area contributed by atoms with Crippen molar-refractivity contribution in [1.29, 1.82) is 0 Å². The van der Waals surface area contributed by atoms with Gasteiger partial charge in [-0.15, -0.1) is 0 Å². The number of carbonyl (C=O) groups is 3. The van der Waals surface area contributed by atoms with E-state index in [1.54, 1.807) is 0 Å². The summed E-state index contributed by atoms with van der Waals surface area (Å²) in [6, 6.07) is 5.98. The van der Waals surface area contributed by atoms with Gasteiger partial charge in [0.15, 0.2) is 0 Å². The van der Waals surface area contributed by atoms with Gasteiger partial charge in [0, 0.05) is 42.2 Å². The van der Waals surface area contributed by atoms with E-state index in [1.807, 2.05) is 94.4 Å². The lowest BCUT2D eigenvalue weighted by molar-refractivity contribution is -0.126. The summed E-state index contributed by atoms with van der Waals surface area (Å²) in [5.74, 6) is -0.651. The molecule has 0 aliphatic heterocycles. The van der Waals surface area contributed by atoms with Crippen LogP contribution in [0, 0.1) is 5.92 Å². The topological polar surface area (TPSA) is 165 Å². The molecule has 234 valence electrons. The highest BCUT2D eigenvalue weighted by atomic mass is 16.2. The van der Waals surface area contributed by atoms with Gasteiger partial charge in [-0.05, 0) is 98.3 Å². The summed E-state index contributed by atoms with van der Waals surface area (Å²) in [6.45, 7) is 23.6. The van der Waals surface area contributed by atoms with Gasteiger partial charge < -0.3 is 33.2 Å². The maximum absolute atomic E-state index is 13.4. The fraction of sp³-hybridized carbons (Fsp3) is 0.719. The van der Waals surface area contributed by atoms with Crippen LogP contribution < -0.4 is 33.2 Å². The van der Waals surface area contributed by atoms with Crippen molar-refractivity contribution in [3.63, 3.8) is 0 Å². The van der Waals surface area contributed by atoms with E-state index in [2.05, 4.69) is 22.9 Å². The van der Waals surface area contributed by atoms with Crippen LogP contribution in [-0.4, -0.2) is 54.0 Å². The van der Waals surface area contributed by atoms with E-state index in [-0.39, 0.29) is 29.6 Å². The quantitative estimate of drug-likeness (QED) is 0.200. The maximum Gasteiger partial charge on any atom is 0.230 e. The van der Waals surface area contributed by atoms with Crippen molar-refractivity contribution in [2.75, 3.05) is 19.6 Å². The van der Waals surface area contributed by atoms with Crippen molar-refractivity contribution < 1.29 is 14.4 Å². The third-order valence-corrected chi connectivity index (χ3v) is 7.39. The number of hydrogen-bond acceptors (Lipinski definition) is 6. The number of nitrogens with two attached hydrogens (primary N) is 3. The van der Waals surface area contributed by atoms with Crippen molar-refractivity contribution in [3.05, 3.63) is 34.9 Å². The summed E-state index contributed by atoms with van der Waals surface area (Å²) in [5, 5.41) is 8.90. The Morgan fingerprint density at radius 1 is 0.634 bits per heavy atom. The lowest BCUT2D eigenvalue weighted by Crippen LogP contribution is -2.50. The molecule has 0 aliphatic carbocycles. The zero-order valence-corrected chi connectivity index (χ0v) is 27.7. The van der Waals surface area contributed by atoms with Crippen LogP contribution in [0.2, 0.25) is 0 Å². The molecule has 0 saturated heterocycles. The summed E-state index contributed by atoms with van der Waals surface area (Å²) in [6.07, 6.45) is 0.585. The molecule has 3 amide bonds. The highest BCUT2D eigenvalue weighted by Crippen LogP contribution is 2.35. The first-order valence-corrected chi connectivity index (χ1v) is 14.6. The van der Waals surface area contributed by atoms with Gasteiger partial charge in [-0.2, -0.15) is 0 Å². The molecule has 9 nitrogen and oxygen atoms in total. The van der Waals surface area contributed by atoms with Gasteiger partial charge in [-0.3, -0.25) is 14.4 Å². The Balaban J connectivity index is 3.49. The molecule has 0 radical (unpaired) electrons. The molecule has 41 heavy (non-hydrogen) atoms. The highest BCUT2D eigenvalue weighted by molar-refractivity contribution is 5.89. The minimum Gasteiger partial charge on any atom is -0.354 e. The third kappa shape index (κ3) is 11.7. The van der Waals surface area contributed by atoms with E-state index in [0.717, 1.165) is 16.7 Å². The molecule has 0 saturated carbocycles. The van der Waals surface area contributed by atoms with Gasteiger partial charge in [0.1, 0.15) is 0 Å². The second-order valence-corrected chi connectivity index (χ2v) is 15.2. The van der Waals surface area contributed by atoms with Crippen molar-refractivity contribution in [2.24, 2.45) is 23.1 Å². The van der Waals surface area contributed by atoms with Crippen LogP contribution >= 0.6 is 0 Å².